The molecule has 140 valence electrons. The lowest BCUT2D eigenvalue weighted by molar-refractivity contribution is -0.144. The molecule has 3 rings (SSSR count). The summed E-state index contributed by atoms with van der Waals surface area (Å²) in [5.74, 6) is -0.294. The molecule has 0 radical (unpaired) electrons. The molecule has 1 aromatic carbocycles. The van der Waals surface area contributed by atoms with E-state index in [9.17, 15) is 13.2 Å². The van der Waals surface area contributed by atoms with Gasteiger partial charge in [-0.3, -0.25) is 4.79 Å². The van der Waals surface area contributed by atoms with Gasteiger partial charge in [0.2, 0.25) is 10.0 Å². The number of esters is 1. The smallest absolute Gasteiger partial charge is 0.306 e. The minimum atomic E-state index is -3.55. The van der Waals surface area contributed by atoms with Crippen LogP contribution in [0.5, 0.6) is 0 Å². The van der Waals surface area contributed by atoms with Crippen LogP contribution in [-0.2, 0) is 37.3 Å². The number of morpholine rings is 1. The molecule has 1 aliphatic rings. The number of thiophene rings is 1. The summed E-state index contributed by atoms with van der Waals surface area (Å²) in [5, 5.41) is 3.98. The summed E-state index contributed by atoms with van der Waals surface area (Å²) in [5.41, 5.74) is 1.77. The monoisotopic (exact) mass is 395 g/mol. The van der Waals surface area contributed by atoms with E-state index in [1.807, 2.05) is 16.8 Å². The van der Waals surface area contributed by atoms with Crippen LogP contribution in [0.2, 0.25) is 0 Å². The van der Waals surface area contributed by atoms with Gasteiger partial charge in [-0.15, -0.1) is 0 Å². The number of hydrogen-bond donors (Lipinski definition) is 0. The van der Waals surface area contributed by atoms with Crippen molar-refractivity contribution in [3.8, 4) is 0 Å². The summed E-state index contributed by atoms with van der Waals surface area (Å²) in [6, 6.07) is 8.54. The van der Waals surface area contributed by atoms with E-state index >= 15 is 0 Å². The largest absolute Gasteiger partial charge is 0.461 e. The minimum absolute atomic E-state index is 0.0644. The van der Waals surface area contributed by atoms with Crippen molar-refractivity contribution < 1.29 is 22.7 Å². The Kier molecular flexibility index (Phi) is 6.42. The molecule has 2 heterocycles. The molecule has 1 saturated heterocycles. The lowest BCUT2D eigenvalue weighted by Gasteiger charge is -2.26. The van der Waals surface area contributed by atoms with Crippen molar-refractivity contribution in [1.82, 2.24) is 4.31 Å². The van der Waals surface area contributed by atoms with E-state index in [4.69, 9.17) is 9.47 Å². The minimum Gasteiger partial charge on any atom is -0.461 e. The molecule has 8 heteroatoms. The Hall–Kier alpha value is -1.74. The number of ether oxygens (including phenoxy) is 2. The van der Waals surface area contributed by atoms with Gasteiger partial charge in [-0.2, -0.15) is 15.6 Å². The summed E-state index contributed by atoms with van der Waals surface area (Å²) in [6.07, 6.45) is 0.955. The SMILES string of the molecule is O=C(CCc1ccsc1)OCc1cccc(S(=O)(=O)N2CCOCC2)c1. The number of aryl methyl sites for hydroxylation is 1. The number of rotatable bonds is 7. The van der Waals surface area contributed by atoms with E-state index in [1.165, 1.54) is 4.31 Å². The van der Waals surface area contributed by atoms with Gasteiger partial charge in [0, 0.05) is 19.5 Å². The second kappa shape index (κ2) is 8.77. The predicted molar refractivity (Wildman–Crippen MR) is 98.5 cm³/mol. The Bertz CT molecular complexity index is 827. The van der Waals surface area contributed by atoms with Crippen LogP contribution >= 0.6 is 11.3 Å². The molecule has 0 amide bonds. The molecule has 0 aliphatic carbocycles. The lowest BCUT2D eigenvalue weighted by Crippen LogP contribution is -2.40. The second-order valence-corrected chi connectivity index (χ2v) is 8.67. The number of benzene rings is 1. The van der Waals surface area contributed by atoms with Gasteiger partial charge in [0.15, 0.2) is 0 Å². The third kappa shape index (κ3) is 4.91. The summed E-state index contributed by atoms with van der Waals surface area (Å²) in [6.45, 7) is 1.57. The molecule has 1 aliphatic heterocycles. The molecule has 0 spiro atoms. The van der Waals surface area contributed by atoms with Crippen LogP contribution in [0.3, 0.4) is 0 Å². The molecule has 26 heavy (non-hydrogen) atoms. The van der Waals surface area contributed by atoms with Crippen molar-refractivity contribution in [2.45, 2.75) is 24.3 Å². The molecule has 0 atom stereocenters. The van der Waals surface area contributed by atoms with E-state index in [0.29, 0.717) is 44.7 Å². The van der Waals surface area contributed by atoms with Gasteiger partial charge < -0.3 is 9.47 Å². The molecule has 1 fully saturated rings. The molecule has 0 unspecified atom stereocenters. The normalized spacial score (nSPS) is 15.7. The van der Waals surface area contributed by atoms with E-state index in [1.54, 1.807) is 35.6 Å². The first kappa shape index (κ1) is 19.0. The fourth-order valence-electron chi connectivity index (χ4n) is 2.65. The highest BCUT2D eigenvalue weighted by Crippen LogP contribution is 2.19. The first-order valence-electron chi connectivity index (χ1n) is 8.39. The van der Waals surface area contributed by atoms with E-state index in [2.05, 4.69) is 0 Å². The van der Waals surface area contributed by atoms with E-state index < -0.39 is 10.0 Å². The van der Waals surface area contributed by atoms with Crippen LogP contribution in [0.4, 0.5) is 0 Å². The Labute approximate surface area is 157 Å². The standard InChI is InChI=1S/C18H21NO5S2/c20-18(5-4-15-6-11-25-14-15)24-13-16-2-1-3-17(12-16)26(21,22)19-7-9-23-10-8-19/h1-3,6,11-12,14H,4-5,7-10,13H2. The third-order valence-electron chi connectivity index (χ3n) is 4.10. The quantitative estimate of drug-likeness (QED) is 0.674. The van der Waals surface area contributed by atoms with Gasteiger partial charge in [0.1, 0.15) is 6.61 Å². The average Bonchev–Trinajstić information content (AvgIpc) is 3.19. The zero-order valence-electron chi connectivity index (χ0n) is 14.3. The Balaban J connectivity index is 1.57. The van der Waals surface area contributed by atoms with Crippen molar-refractivity contribution in [1.29, 1.82) is 0 Å². The van der Waals surface area contributed by atoms with Crippen LogP contribution in [0, 0.1) is 0 Å². The first-order chi connectivity index (χ1) is 12.6. The molecule has 6 nitrogen and oxygen atoms in total. The third-order valence-corrected chi connectivity index (χ3v) is 6.73. The van der Waals surface area contributed by atoms with Crippen molar-refractivity contribution in [3.63, 3.8) is 0 Å². The second-order valence-electron chi connectivity index (χ2n) is 5.96. The summed E-state index contributed by atoms with van der Waals surface area (Å²) >= 11 is 1.60. The molecule has 0 bridgehead atoms. The highest BCUT2D eigenvalue weighted by atomic mass is 32.2. The van der Waals surface area contributed by atoms with Gasteiger partial charge in [-0.1, -0.05) is 12.1 Å². The summed E-state index contributed by atoms with van der Waals surface area (Å²) in [7, 11) is -3.55. The molecule has 0 N–H and O–H groups in total. The van der Waals surface area contributed by atoms with Crippen molar-refractivity contribution in [2.75, 3.05) is 26.3 Å². The van der Waals surface area contributed by atoms with Crippen LogP contribution in [0.15, 0.2) is 46.0 Å². The highest BCUT2D eigenvalue weighted by Gasteiger charge is 2.26. The maximum atomic E-state index is 12.7. The first-order valence-corrected chi connectivity index (χ1v) is 10.8. The van der Waals surface area contributed by atoms with E-state index in [0.717, 1.165) is 5.56 Å². The Morgan fingerprint density at radius 2 is 2.00 bits per heavy atom. The fraction of sp³-hybridized carbons (Fsp3) is 0.389. The topological polar surface area (TPSA) is 72.9 Å². The summed E-state index contributed by atoms with van der Waals surface area (Å²) < 4.78 is 37.3. The lowest BCUT2D eigenvalue weighted by atomic mass is 10.2. The molecule has 0 saturated carbocycles. The summed E-state index contributed by atoms with van der Waals surface area (Å²) in [4.78, 5) is 12.1. The average molecular weight is 396 g/mol. The van der Waals surface area contributed by atoms with Gasteiger partial charge in [0.25, 0.3) is 0 Å². The molecule has 2 aromatic rings. The van der Waals surface area contributed by atoms with Crippen LogP contribution in [-0.4, -0.2) is 45.0 Å². The van der Waals surface area contributed by atoms with Crippen LogP contribution in [0.1, 0.15) is 17.5 Å². The van der Waals surface area contributed by atoms with Crippen LogP contribution < -0.4 is 0 Å². The molecular weight excluding hydrogens is 374 g/mol. The van der Waals surface area contributed by atoms with Gasteiger partial charge >= 0.3 is 5.97 Å². The molecular formula is C18H21NO5S2. The highest BCUT2D eigenvalue weighted by molar-refractivity contribution is 7.89. The van der Waals surface area contributed by atoms with Crippen LogP contribution in [0.25, 0.3) is 0 Å². The maximum Gasteiger partial charge on any atom is 0.306 e. The Morgan fingerprint density at radius 1 is 1.19 bits per heavy atom. The van der Waals surface area contributed by atoms with Crippen molar-refractivity contribution in [2.24, 2.45) is 0 Å². The zero-order valence-corrected chi connectivity index (χ0v) is 15.9. The van der Waals surface area contributed by atoms with Crippen molar-refractivity contribution >= 4 is 27.3 Å². The number of nitrogens with zero attached hydrogens (tertiary/aromatic N) is 1. The number of carbonyl (C=O) groups is 1. The fourth-order valence-corrected chi connectivity index (χ4v) is 4.83. The maximum absolute atomic E-state index is 12.7. The van der Waals surface area contributed by atoms with Crippen molar-refractivity contribution in [3.05, 3.63) is 52.2 Å². The zero-order chi connectivity index (χ0) is 18.4. The van der Waals surface area contributed by atoms with Gasteiger partial charge in [0.05, 0.1) is 18.1 Å². The van der Waals surface area contributed by atoms with Gasteiger partial charge in [-0.05, 0) is 46.5 Å². The van der Waals surface area contributed by atoms with Gasteiger partial charge in [-0.25, -0.2) is 8.42 Å². The number of carbonyl (C=O) groups excluding carboxylic acids is 1. The number of hydrogen-bond acceptors (Lipinski definition) is 6. The number of sulfonamides is 1. The van der Waals surface area contributed by atoms with E-state index in [-0.39, 0.29) is 17.5 Å². The molecule has 1 aromatic heterocycles. The predicted octanol–water partition coefficient (Wildman–Crippen LogP) is 2.45. The Morgan fingerprint density at radius 3 is 2.73 bits per heavy atom.